The number of thiazole rings is 1. The molecule has 10 rings (SSSR count). The highest BCUT2D eigenvalue weighted by Gasteiger charge is 2.46. The molecule has 16 nitrogen and oxygen atoms in total. The van der Waals surface area contributed by atoms with E-state index in [1.165, 1.54) is 9.78 Å². The lowest BCUT2D eigenvalue weighted by atomic mass is 9.85. The average Bonchev–Trinajstić information content (AvgIpc) is 4.19. The van der Waals surface area contributed by atoms with E-state index >= 15 is 0 Å². The summed E-state index contributed by atoms with van der Waals surface area (Å²) in [6, 6.07) is 18.0. The number of aliphatic imine (C=N–C) groups is 1. The molecule has 386 valence electrons. The van der Waals surface area contributed by atoms with Crippen molar-refractivity contribution >= 4 is 63.6 Å². The second kappa shape index (κ2) is 20.3. The molecular weight excluding hydrogens is 998 g/mol. The third-order valence-electron chi connectivity index (χ3n) is 14.5. The van der Waals surface area contributed by atoms with Crippen LogP contribution in [-0.4, -0.2) is 102 Å². The van der Waals surface area contributed by atoms with Crippen molar-refractivity contribution in [2.45, 2.75) is 136 Å². The molecule has 1 saturated heterocycles. The number of aliphatic hydroxyl groups is 1. The Balaban J connectivity index is 0.732. The van der Waals surface area contributed by atoms with E-state index in [-0.39, 0.29) is 55.8 Å². The quantitative estimate of drug-likeness (QED) is 0.0878. The van der Waals surface area contributed by atoms with Crippen molar-refractivity contribution in [2.24, 2.45) is 10.4 Å². The topological polar surface area (TPSA) is 202 Å². The van der Waals surface area contributed by atoms with E-state index in [0.29, 0.717) is 35.2 Å². The highest BCUT2D eigenvalue weighted by molar-refractivity contribution is 7.15. The van der Waals surface area contributed by atoms with Crippen molar-refractivity contribution < 1.29 is 33.8 Å². The zero-order chi connectivity index (χ0) is 52.3. The van der Waals surface area contributed by atoms with E-state index in [1.54, 1.807) is 28.7 Å². The number of nitrogens with zero attached hydrogens (tertiary/aromatic N) is 6. The fraction of sp³-hybridized carbons (Fsp3) is 0.418. The lowest BCUT2D eigenvalue weighted by Gasteiger charge is -2.36. The molecule has 1 aliphatic carbocycles. The van der Waals surface area contributed by atoms with Gasteiger partial charge in [-0.25, -0.2) is 4.98 Å². The zero-order valence-electron chi connectivity index (χ0n) is 42.6. The number of carbonyl (C=O) groups is 4. The summed E-state index contributed by atoms with van der Waals surface area (Å²) in [5.74, 6) is 0.975. The molecule has 6 atom stereocenters. The molecular formula is C55H60ClN9O7S2. The number of hydrogen-bond acceptors (Lipinski definition) is 13. The van der Waals surface area contributed by atoms with Crippen LogP contribution in [0, 0.1) is 33.1 Å². The molecule has 19 heteroatoms. The molecule has 6 heterocycles. The first-order valence-electron chi connectivity index (χ1n) is 25.0. The monoisotopic (exact) mass is 1060 g/mol. The van der Waals surface area contributed by atoms with Crippen molar-refractivity contribution in [3.63, 3.8) is 0 Å². The molecule has 3 aromatic heterocycles. The summed E-state index contributed by atoms with van der Waals surface area (Å²) in [6.07, 6.45) is -0.321. The van der Waals surface area contributed by atoms with Gasteiger partial charge in [-0.3, -0.25) is 28.7 Å². The van der Waals surface area contributed by atoms with Gasteiger partial charge in [0.05, 0.1) is 40.4 Å². The molecule has 2 fully saturated rings. The van der Waals surface area contributed by atoms with Gasteiger partial charge in [0, 0.05) is 65.4 Å². The minimum atomic E-state index is -1.02. The van der Waals surface area contributed by atoms with Crippen molar-refractivity contribution in [2.75, 3.05) is 6.54 Å². The number of thiophene rings is 1. The Hall–Kier alpha value is -6.47. The van der Waals surface area contributed by atoms with Crippen LogP contribution in [0.25, 0.3) is 15.4 Å². The number of ether oxygens (including phenoxy) is 2. The number of halogens is 1. The van der Waals surface area contributed by atoms with Gasteiger partial charge in [-0.15, -0.1) is 32.9 Å². The molecule has 1 saturated carbocycles. The largest absolute Gasteiger partial charge is 0.490 e. The second-order valence-electron chi connectivity index (χ2n) is 21.0. The van der Waals surface area contributed by atoms with Gasteiger partial charge in [-0.1, -0.05) is 74.8 Å². The maximum atomic E-state index is 14.4. The number of fused-ring (bicyclic) bond motifs is 4. The van der Waals surface area contributed by atoms with Crippen LogP contribution < -0.4 is 25.4 Å². The van der Waals surface area contributed by atoms with Crippen LogP contribution in [0.5, 0.6) is 11.5 Å². The molecule has 1 unspecified atom stereocenters. The molecule has 3 aromatic carbocycles. The van der Waals surface area contributed by atoms with E-state index in [1.807, 2.05) is 112 Å². The minimum absolute atomic E-state index is 0.0397. The summed E-state index contributed by atoms with van der Waals surface area (Å²) >= 11 is 9.51. The van der Waals surface area contributed by atoms with Gasteiger partial charge in [0.2, 0.25) is 17.7 Å². The third kappa shape index (κ3) is 10.2. The number of amides is 4. The second-order valence-corrected chi connectivity index (χ2v) is 23.5. The first kappa shape index (κ1) is 51.0. The SMILES string of the molecule is Cc1ncsc1-c1ccc([C@H](C)NC(=O)[C@@H]2C[C@@H](O)CN2C(=O)C(NC(=O)[C@H]2Cc3ccc(OC4CC(NC(=O)C[C@@H]5N=C(c6ccc(Cl)cc6)c6c(sc(C)c6C)-n6c(C)nnc65)C4)cc3O2)C(C)(C)C)cc1. The van der Waals surface area contributed by atoms with Crippen LogP contribution in [0.2, 0.25) is 5.02 Å². The van der Waals surface area contributed by atoms with Gasteiger partial charge >= 0.3 is 0 Å². The van der Waals surface area contributed by atoms with Crippen LogP contribution >= 0.6 is 34.3 Å². The summed E-state index contributed by atoms with van der Waals surface area (Å²) in [4.78, 5) is 69.2. The van der Waals surface area contributed by atoms with E-state index < -0.39 is 47.6 Å². The lowest BCUT2D eigenvalue weighted by molar-refractivity contribution is -0.145. The molecule has 4 amide bonds. The maximum absolute atomic E-state index is 14.4. The lowest BCUT2D eigenvalue weighted by Crippen LogP contribution is -2.59. The smallest absolute Gasteiger partial charge is 0.262 e. The van der Waals surface area contributed by atoms with Gasteiger partial charge in [0.1, 0.15) is 46.6 Å². The number of benzene rings is 3. The number of β-amino-alcohol motifs (C(OH)–C–C–N with tert-alkyl or cyclic N) is 1. The van der Waals surface area contributed by atoms with Crippen molar-refractivity contribution in [3.05, 3.63) is 127 Å². The van der Waals surface area contributed by atoms with Gasteiger partial charge in [-0.2, -0.15) is 0 Å². The number of rotatable bonds is 13. The molecule has 0 bridgehead atoms. The number of aliphatic hydroxyl groups excluding tert-OH is 1. The third-order valence-corrected chi connectivity index (χ3v) is 17.0. The summed E-state index contributed by atoms with van der Waals surface area (Å²) < 4.78 is 14.6. The van der Waals surface area contributed by atoms with Crippen LogP contribution in [0.1, 0.15) is 115 Å². The van der Waals surface area contributed by atoms with Gasteiger partial charge < -0.3 is 35.4 Å². The average molecular weight is 1060 g/mol. The predicted molar refractivity (Wildman–Crippen MR) is 284 cm³/mol. The Labute approximate surface area is 443 Å². The minimum Gasteiger partial charge on any atom is -0.490 e. The first-order chi connectivity index (χ1) is 35.3. The van der Waals surface area contributed by atoms with Crippen LogP contribution in [-0.2, 0) is 25.6 Å². The standard InChI is InChI=1S/C55H60ClN9O7S2/c1-27-30(4)74-54-46(27)47(33-13-16-36(56)17-14-33)60-41(50-63-62-31(5)65(50)54)24-45(67)59-37-20-40(21-37)71-39-18-15-35-19-44(72-43(35)23-39)52(69)61-49(55(6,7)8)53(70)64-25-38(66)22-42(64)51(68)58-28(2)32-9-11-34(12-10-32)48-29(3)57-26-73-48/h9-18,23,26,28,37-38,40-42,44,49,66H,19-22,24-25H2,1-8H3,(H,58,68)(H,59,67)(H,61,69)/t28-,37?,38+,40?,41-,42-,44+,49?/m0/s1. The predicted octanol–water partition coefficient (Wildman–Crippen LogP) is 8.02. The Kier molecular flexibility index (Phi) is 14.0. The molecule has 4 N–H and O–H groups in total. The zero-order valence-corrected chi connectivity index (χ0v) is 45.0. The molecule has 3 aliphatic heterocycles. The summed E-state index contributed by atoms with van der Waals surface area (Å²) in [7, 11) is 0. The Bertz CT molecular complexity index is 3170. The van der Waals surface area contributed by atoms with Gasteiger partial charge in [-0.05, 0) is 80.5 Å². The van der Waals surface area contributed by atoms with Gasteiger partial charge in [0.25, 0.3) is 5.91 Å². The van der Waals surface area contributed by atoms with E-state index in [0.717, 1.165) is 60.5 Å². The number of aryl methyl sites for hydroxylation is 3. The Morgan fingerprint density at radius 1 is 0.932 bits per heavy atom. The fourth-order valence-corrected chi connectivity index (χ4v) is 12.4. The molecule has 74 heavy (non-hydrogen) atoms. The van der Waals surface area contributed by atoms with Crippen LogP contribution in [0.3, 0.4) is 0 Å². The number of nitrogens with one attached hydrogen (secondary N) is 3. The van der Waals surface area contributed by atoms with E-state index in [2.05, 4.69) is 45.0 Å². The van der Waals surface area contributed by atoms with Crippen LogP contribution in [0.15, 0.2) is 77.2 Å². The normalized spacial score (nSPS) is 21.7. The molecule has 4 aliphatic rings. The highest BCUT2D eigenvalue weighted by Crippen LogP contribution is 2.41. The van der Waals surface area contributed by atoms with Crippen molar-refractivity contribution in [1.82, 2.24) is 40.6 Å². The number of hydrogen-bond donors (Lipinski definition) is 4. The first-order valence-corrected chi connectivity index (χ1v) is 27.1. The molecule has 0 radical (unpaired) electrons. The van der Waals surface area contributed by atoms with E-state index in [4.69, 9.17) is 26.1 Å². The Morgan fingerprint density at radius 2 is 1.66 bits per heavy atom. The summed E-state index contributed by atoms with van der Waals surface area (Å²) in [6.45, 7) is 15.5. The van der Waals surface area contributed by atoms with Crippen molar-refractivity contribution in [3.8, 4) is 26.9 Å². The van der Waals surface area contributed by atoms with Crippen molar-refractivity contribution in [1.29, 1.82) is 0 Å². The summed E-state index contributed by atoms with van der Waals surface area (Å²) in [5.41, 5.74) is 8.59. The number of carbonyl (C=O) groups excluding carboxylic acids is 4. The summed E-state index contributed by atoms with van der Waals surface area (Å²) in [5, 5.41) is 30.5. The highest BCUT2D eigenvalue weighted by atomic mass is 35.5. The van der Waals surface area contributed by atoms with Crippen LogP contribution in [0.4, 0.5) is 0 Å². The fourth-order valence-electron chi connectivity index (χ4n) is 10.2. The number of aromatic nitrogens is 4. The van der Waals surface area contributed by atoms with E-state index in [9.17, 15) is 24.3 Å². The van der Waals surface area contributed by atoms with Gasteiger partial charge in [0.15, 0.2) is 11.9 Å². The maximum Gasteiger partial charge on any atom is 0.262 e. The Morgan fingerprint density at radius 3 is 2.36 bits per heavy atom. The molecule has 6 aromatic rings. The molecule has 0 spiro atoms. The number of likely N-dealkylation sites (tertiary alicyclic amines) is 1.